The third-order valence-electron chi connectivity index (χ3n) is 1.82. The number of rotatable bonds is 2. The molecule has 5 nitrogen and oxygen atoms in total. The summed E-state index contributed by atoms with van der Waals surface area (Å²) in [5.74, 6) is 0. The van der Waals surface area contributed by atoms with Crippen LogP contribution in [0, 0.1) is 0 Å². The number of ether oxygens (including phenoxy) is 1. The zero-order valence-electron chi connectivity index (χ0n) is 5.92. The highest BCUT2D eigenvalue weighted by molar-refractivity contribution is 4.89. The van der Waals surface area contributed by atoms with E-state index in [2.05, 4.69) is 0 Å². The van der Waals surface area contributed by atoms with Crippen LogP contribution in [-0.4, -0.2) is 58.1 Å². The minimum atomic E-state index is -1.10. The van der Waals surface area contributed by atoms with E-state index in [1.54, 1.807) is 0 Å². The van der Waals surface area contributed by atoms with Crippen LogP contribution in [0.3, 0.4) is 0 Å². The van der Waals surface area contributed by atoms with Crippen LogP contribution in [0.25, 0.3) is 0 Å². The molecule has 1 aliphatic heterocycles. The molecule has 1 aliphatic rings. The summed E-state index contributed by atoms with van der Waals surface area (Å²) in [5, 5.41) is 35.4. The lowest BCUT2D eigenvalue weighted by Gasteiger charge is -2.10. The molecule has 0 aromatic rings. The molecule has 0 bridgehead atoms. The Labute approximate surface area is 63.8 Å². The lowest BCUT2D eigenvalue weighted by atomic mass is 10.1. The predicted molar refractivity (Wildman–Crippen MR) is 34.8 cm³/mol. The molecule has 11 heavy (non-hydrogen) atoms. The summed E-state index contributed by atoms with van der Waals surface area (Å²) < 4.78 is 4.88. The van der Waals surface area contributed by atoms with E-state index in [4.69, 9.17) is 25.2 Å². The molecule has 1 fully saturated rings. The van der Waals surface area contributed by atoms with E-state index in [-0.39, 0.29) is 13.2 Å². The molecule has 0 spiro atoms. The maximum atomic E-state index is 9.11. The summed E-state index contributed by atoms with van der Waals surface area (Å²) in [7, 11) is 0. The topological polar surface area (TPSA) is 90.2 Å². The van der Waals surface area contributed by atoms with Gasteiger partial charge in [0, 0.05) is 0 Å². The minimum Gasteiger partial charge on any atom is -0.394 e. The zero-order valence-corrected chi connectivity index (χ0v) is 5.92. The summed E-state index contributed by atoms with van der Waals surface area (Å²) in [4.78, 5) is 0. The van der Waals surface area contributed by atoms with E-state index < -0.39 is 24.4 Å². The van der Waals surface area contributed by atoms with Gasteiger partial charge in [-0.25, -0.2) is 0 Å². The summed E-state index contributed by atoms with van der Waals surface area (Å²) in [6.45, 7) is -0.705. The highest BCUT2D eigenvalue weighted by Gasteiger charge is 2.41. The molecule has 0 radical (unpaired) electrons. The van der Waals surface area contributed by atoms with Gasteiger partial charge in [-0.1, -0.05) is 0 Å². The molecule has 0 unspecified atom stereocenters. The smallest absolute Gasteiger partial charge is 0.111 e. The minimum absolute atomic E-state index is 0.352. The number of aliphatic hydroxyl groups excluding tert-OH is 4. The maximum Gasteiger partial charge on any atom is 0.111 e. The van der Waals surface area contributed by atoms with Gasteiger partial charge in [-0.2, -0.15) is 0 Å². The van der Waals surface area contributed by atoms with Gasteiger partial charge in [-0.15, -0.1) is 0 Å². The van der Waals surface area contributed by atoms with Crippen LogP contribution in [0.5, 0.6) is 0 Å². The fourth-order valence-corrected chi connectivity index (χ4v) is 1.13. The van der Waals surface area contributed by atoms with Gasteiger partial charge >= 0.3 is 0 Å². The summed E-state index contributed by atoms with van der Waals surface area (Å²) in [5.41, 5.74) is 0. The maximum absolute atomic E-state index is 9.11. The van der Waals surface area contributed by atoms with Crippen LogP contribution >= 0.6 is 0 Å². The molecule has 66 valence electrons. The largest absolute Gasteiger partial charge is 0.394 e. The van der Waals surface area contributed by atoms with Crippen LogP contribution in [0.15, 0.2) is 0 Å². The predicted octanol–water partition coefficient (Wildman–Crippen LogP) is -2.54. The molecule has 4 atom stereocenters. The normalized spacial score (nSPS) is 44.7. The Bertz CT molecular complexity index is 110. The van der Waals surface area contributed by atoms with Gasteiger partial charge in [-0.3, -0.25) is 0 Å². The second kappa shape index (κ2) is 3.46. The van der Waals surface area contributed by atoms with Crippen LogP contribution in [-0.2, 0) is 4.74 Å². The summed E-state index contributed by atoms with van der Waals surface area (Å²) >= 11 is 0. The molecule has 0 amide bonds. The Morgan fingerprint density at radius 2 is 1.27 bits per heavy atom. The van der Waals surface area contributed by atoms with Gasteiger partial charge in [0.25, 0.3) is 0 Å². The monoisotopic (exact) mass is 164 g/mol. The second-order valence-corrected chi connectivity index (χ2v) is 2.56. The van der Waals surface area contributed by atoms with Crippen molar-refractivity contribution in [3.8, 4) is 0 Å². The van der Waals surface area contributed by atoms with E-state index in [1.165, 1.54) is 0 Å². The average molecular weight is 164 g/mol. The van der Waals surface area contributed by atoms with E-state index in [0.29, 0.717) is 0 Å². The Hall–Kier alpha value is -0.200. The van der Waals surface area contributed by atoms with E-state index in [9.17, 15) is 0 Å². The first-order valence-electron chi connectivity index (χ1n) is 3.44. The van der Waals surface area contributed by atoms with Gasteiger partial charge < -0.3 is 25.2 Å². The Morgan fingerprint density at radius 1 is 0.909 bits per heavy atom. The van der Waals surface area contributed by atoms with Crippen molar-refractivity contribution in [1.82, 2.24) is 0 Å². The van der Waals surface area contributed by atoms with Gasteiger partial charge in [-0.05, 0) is 0 Å². The fraction of sp³-hybridized carbons (Fsp3) is 1.00. The first kappa shape index (κ1) is 8.89. The van der Waals surface area contributed by atoms with Crippen molar-refractivity contribution in [1.29, 1.82) is 0 Å². The van der Waals surface area contributed by atoms with Crippen molar-refractivity contribution in [3.63, 3.8) is 0 Å². The lowest BCUT2D eigenvalue weighted by molar-refractivity contribution is -0.0395. The molecule has 0 aromatic carbocycles. The first-order chi connectivity index (χ1) is 5.20. The standard InChI is InChI=1S/C6H12O5/c7-1-3-5(9)6(10)4(2-8)11-3/h3-10H,1-2H2/t3-,4+,5+,6-. The number of hydrogen-bond donors (Lipinski definition) is 4. The Balaban J connectivity index is 2.53. The molecular formula is C6H12O5. The molecule has 1 heterocycles. The quantitative estimate of drug-likeness (QED) is 0.361. The SMILES string of the molecule is OC[C@@H]1O[C@H](CO)[C@H](O)[C@@H]1O. The lowest BCUT2D eigenvalue weighted by Crippen LogP contribution is -2.34. The van der Waals surface area contributed by atoms with E-state index in [0.717, 1.165) is 0 Å². The number of aliphatic hydroxyl groups is 4. The van der Waals surface area contributed by atoms with Crippen molar-refractivity contribution >= 4 is 0 Å². The molecule has 1 rings (SSSR count). The van der Waals surface area contributed by atoms with E-state index in [1.807, 2.05) is 0 Å². The third-order valence-corrected chi connectivity index (χ3v) is 1.82. The van der Waals surface area contributed by atoms with Crippen molar-refractivity contribution in [2.75, 3.05) is 13.2 Å². The van der Waals surface area contributed by atoms with E-state index >= 15 is 0 Å². The third kappa shape index (κ3) is 1.52. The van der Waals surface area contributed by atoms with Crippen molar-refractivity contribution in [2.24, 2.45) is 0 Å². The van der Waals surface area contributed by atoms with Gasteiger partial charge in [0.05, 0.1) is 13.2 Å². The molecular weight excluding hydrogens is 152 g/mol. The highest BCUT2D eigenvalue weighted by Crippen LogP contribution is 2.20. The first-order valence-corrected chi connectivity index (χ1v) is 3.44. The fourth-order valence-electron chi connectivity index (χ4n) is 1.13. The average Bonchev–Trinajstić information content (AvgIpc) is 2.30. The second-order valence-electron chi connectivity index (χ2n) is 2.56. The van der Waals surface area contributed by atoms with Crippen LogP contribution in [0.2, 0.25) is 0 Å². The van der Waals surface area contributed by atoms with Crippen LogP contribution in [0.1, 0.15) is 0 Å². The highest BCUT2D eigenvalue weighted by atomic mass is 16.6. The summed E-state index contributed by atoms with van der Waals surface area (Å²) in [6.07, 6.45) is -3.75. The molecule has 1 saturated heterocycles. The van der Waals surface area contributed by atoms with Crippen molar-refractivity contribution in [3.05, 3.63) is 0 Å². The summed E-state index contributed by atoms with van der Waals surface area (Å²) in [6, 6.07) is 0. The van der Waals surface area contributed by atoms with Crippen molar-refractivity contribution in [2.45, 2.75) is 24.4 Å². The van der Waals surface area contributed by atoms with Gasteiger partial charge in [0.2, 0.25) is 0 Å². The van der Waals surface area contributed by atoms with Crippen LogP contribution < -0.4 is 0 Å². The molecule has 0 aliphatic carbocycles. The van der Waals surface area contributed by atoms with Crippen LogP contribution in [0.4, 0.5) is 0 Å². The molecule has 4 N–H and O–H groups in total. The Morgan fingerprint density at radius 3 is 1.45 bits per heavy atom. The van der Waals surface area contributed by atoms with Gasteiger partial charge in [0.15, 0.2) is 0 Å². The molecule has 0 aromatic heterocycles. The van der Waals surface area contributed by atoms with Gasteiger partial charge in [0.1, 0.15) is 24.4 Å². The Kier molecular flexibility index (Phi) is 2.80. The zero-order chi connectivity index (χ0) is 8.43. The van der Waals surface area contributed by atoms with Crippen molar-refractivity contribution < 1.29 is 25.2 Å². The number of hydrogen-bond acceptors (Lipinski definition) is 5. The molecule has 0 saturated carbocycles. The molecule has 5 heteroatoms.